The van der Waals surface area contributed by atoms with Crippen LogP contribution in [0.15, 0.2) is 0 Å². The van der Waals surface area contributed by atoms with Gasteiger partial charge in [-0.15, -0.1) is 0 Å². The maximum Gasteiger partial charge on any atom is 0.0933 e. The molecule has 0 amide bonds. The Balaban J connectivity index is 2.11. The summed E-state index contributed by atoms with van der Waals surface area (Å²) in [4.78, 5) is 2.27. The SMILES string of the molecule is Cc1nn(C)c(CN2CC(CO)OCC2C)c1Cl. The van der Waals surface area contributed by atoms with E-state index in [1.807, 2.05) is 18.7 Å². The molecule has 1 saturated heterocycles. The normalized spacial score (nSPS) is 25.6. The number of nitrogens with zero attached hydrogens (tertiary/aromatic N) is 3. The van der Waals surface area contributed by atoms with Crippen molar-refractivity contribution in [2.24, 2.45) is 7.05 Å². The van der Waals surface area contributed by atoms with Gasteiger partial charge in [-0.2, -0.15) is 5.10 Å². The van der Waals surface area contributed by atoms with Gasteiger partial charge in [0.05, 0.1) is 35.7 Å². The number of morpholine rings is 1. The van der Waals surface area contributed by atoms with Crippen LogP contribution in [0.3, 0.4) is 0 Å². The fourth-order valence-corrected chi connectivity index (χ4v) is 2.47. The van der Waals surface area contributed by atoms with Gasteiger partial charge in [0.1, 0.15) is 0 Å². The second-order valence-electron chi connectivity index (χ2n) is 4.89. The largest absolute Gasteiger partial charge is 0.394 e. The number of aliphatic hydroxyl groups is 1. The van der Waals surface area contributed by atoms with E-state index in [1.54, 1.807) is 0 Å². The molecule has 5 nitrogen and oxygen atoms in total. The van der Waals surface area contributed by atoms with Crippen LogP contribution in [0.2, 0.25) is 5.02 Å². The van der Waals surface area contributed by atoms with Crippen LogP contribution in [0, 0.1) is 6.92 Å². The summed E-state index contributed by atoms with van der Waals surface area (Å²) >= 11 is 6.26. The maximum atomic E-state index is 9.18. The lowest BCUT2D eigenvalue weighted by Crippen LogP contribution is -2.49. The van der Waals surface area contributed by atoms with Gasteiger partial charge in [-0.05, 0) is 13.8 Å². The predicted molar refractivity (Wildman–Crippen MR) is 69.7 cm³/mol. The van der Waals surface area contributed by atoms with Crippen LogP contribution in [-0.4, -0.2) is 51.7 Å². The molecule has 1 aliphatic rings. The molecule has 2 atom stereocenters. The summed E-state index contributed by atoms with van der Waals surface area (Å²) in [6.07, 6.45) is -0.103. The van der Waals surface area contributed by atoms with Gasteiger partial charge in [0, 0.05) is 26.2 Å². The fourth-order valence-electron chi connectivity index (χ4n) is 2.25. The summed E-state index contributed by atoms with van der Waals surface area (Å²) in [6.45, 7) is 6.17. The molecule has 0 spiro atoms. The summed E-state index contributed by atoms with van der Waals surface area (Å²) in [5.41, 5.74) is 1.87. The van der Waals surface area contributed by atoms with E-state index in [0.29, 0.717) is 12.6 Å². The van der Waals surface area contributed by atoms with Crippen LogP contribution in [0.25, 0.3) is 0 Å². The first-order chi connectivity index (χ1) is 8.52. The Morgan fingerprint density at radius 3 is 2.83 bits per heavy atom. The van der Waals surface area contributed by atoms with Crippen molar-refractivity contribution in [3.8, 4) is 0 Å². The molecule has 0 saturated carbocycles. The first-order valence-electron chi connectivity index (χ1n) is 6.17. The highest BCUT2D eigenvalue weighted by atomic mass is 35.5. The molecule has 2 unspecified atom stereocenters. The zero-order valence-electron chi connectivity index (χ0n) is 11.1. The Bertz CT molecular complexity index is 422. The molecule has 102 valence electrons. The molecule has 1 aromatic rings. The highest BCUT2D eigenvalue weighted by molar-refractivity contribution is 6.31. The first-order valence-corrected chi connectivity index (χ1v) is 6.55. The van der Waals surface area contributed by atoms with Gasteiger partial charge >= 0.3 is 0 Å². The number of aliphatic hydroxyl groups excluding tert-OH is 1. The molecular formula is C12H20ClN3O2. The number of ether oxygens (including phenoxy) is 1. The van der Waals surface area contributed by atoms with Gasteiger partial charge in [0.25, 0.3) is 0 Å². The summed E-state index contributed by atoms with van der Waals surface area (Å²) in [5.74, 6) is 0. The molecule has 1 fully saturated rings. The molecule has 1 aromatic heterocycles. The number of rotatable bonds is 3. The zero-order chi connectivity index (χ0) is 13.3. The topological polar surface area (TPSA) is 50.5 Å². The fraction of sp³-hybridized carbons (Fsp3) is 0.750. The molecule has 0 aromatic carbocycles. The van der Waals surface area contributed by atoms with Crippen molar-refractivity contribution in [1.82, 2.24) is 14.7 Å². The first kappa shape index (κ1) is 13.8. The smallest absolute Gasteiger partial charge is 0.0933 e. The average molecular weight is 274 g/mol. The van der Waals surface area contributed by atoms with Gasteiger partial charge < -0.3 is 9.84 Å². The van der Waals surface area contributed by atoms with E-state index in [9.17, 15) is 5.11 Å². The lowest BCUT2D eigenvalue weighted by Gasteiger charge is -2.37. The second-order valence-corrected chi connectivity index (χ2v) is 5.26. The van der Waals surface area contributed by atoms with Gasteiger partial charge in [-0.25, -0.2) is 0 Å². The molecule has 2 heterocycles. The monoisotopic (exact) mass is 273 g/mol. The minimum atomic E-state index is -0.103. The molecular weight excluding hydrogens is 254 g/mol. The molecule has 18 heavy (non-hydrogen) atoms. The van der Waals surface area contributed by atoms with Gasteiger partial charge in [0.15, 0.2) is 0 Å². The van der Waals surface area contributed by atoms with E-state index < -0.39 is 0 Å². The molecule has 1 N–H and O–H groups in total. The number of aromatic nitrogens is 2. The Morgan fingerprint density at radius 2 is 2.28 bits per heavy atom. The van der Waals surface area contributed by atoms with Crippen LogP contribution in [0.4, 0.5) is 0 Å². The lowest BCUT2D eigenvalue weighted by atomic mass is 10.2. The van der Waals surface area contributed by atoms with Crippen molar-refractivity contribution in [2.75, 3.05) is 19.8 Å². The van der Waals surface area contributed by atoms with E-state index in [4.69, 9.17) is 16.3 Å². The maximum absolute atomic E-state index is 9.18. The van der Waals surface area contributed by atoms with Crippen molar-refractivity contribution in [3.05, 3.63) is 16.4 Å². The van der Waals surface area contributed by atoms with E-state index in [2.05, 4.69) is 16.9 Å². The lowest BCUT2D eigenvalue weighted by molar-refractivity contribution is -0.0811. The Morgan fingerprint density at radius 1 is 1.56 bits per heavy atom. The van der Waals surface area contributed by atoms with Gasteiger partial charge in [0.2, 0.25) is 0 Å². The van der Waals surface area contributed by atoms with Crippen LogP contribution < -0.4 is 0 Å². The Kier molecular flexibility index (Phi) is 4.27. The molecule has 0 radical (unpaired) electrons. The second kappa shape index (κ2) is 5.57. The van der Waals surface area contributed by atoms with Crippen LogP contribution >= 0.6 is 11.6 Å². The minimum Gasteiger partial charge on any atom is -0.394 e. The minimum absolute atomic E-state index is 0.0569. The highest BCUT2D eigenvalue weighted by Gasteiger charge is 2.27. The quantitative estimate of drug-likeness (QED) is 0.891. The van der Waals surface area contributed by atoms with Crippen molar-refractivity contribution < 1.29 is 9.84 Å². The summed E-state index contributed by atoms with van der Waals surface area (Å²) in [7, 11) is 1.91. The molecule has 1 aliphatic heterocycles. The summed E-state index contributed by atoms with van der Waals surface area (Å²) in [5, 5.41) is 14.2. The van der Waals surface area contributed by atoms with Crippen molar-refractivity contribution in [1.29, 1.82) is 0 Å². The zero-order valence-corrected chi connectivity index (χ0v) is 11.8. The third kappa shape index (κ3) is 2.69. The van der Waals surface area contributed by atoms with Crippen molar-refractivity contribution in [2.45, 2.75) is 32.5 Å². The number of hydrogen-bond donors (Lipinski definition) is 1. The summed E-state index contributed by atoms with van der Waals surface area (Å²) in [6, 6.07) is 0.319. The van der Waals surface area contributed by atoms with E-state index >= 15 is 0 Å². The molecule has 0 aliphatic carbocycles. The standard InChI is InChI=1S/C12H20ClN3O2/c1-8-7-18-10(6-17)4-16(8)5-11-12(13)9(2)14-15(11)3/h8,10,17H,4-7H2,1-3H3. The van der Waals surface area contributed by atoms with Crippen LogP contribution in [0.1, 0.15) is 18.3 Å². The predicted octanol–water partition coefficient (Wildman–Crippen LogP) is 0.964. The van der Waals surface area contributed by atoms with Crippen molar-refractivity contribution in [3.63, 3.8) is 0 Å². The van der Waals surface area contributed by atoms with E-state index in [1.165, 1.54) is 0 Å². The average Bonchev–Trinajstić information content (AvgIpc) is 2.58. The van der Waals surface area contributed by atoms with Gasteiger partial charge in [-0.1, -0.05) is 11.6 Å². The van der Waals surface area contributed by atoms with Gasteiger partial charge in [-0.3, -0.25) is 9.58 Å². The number of halogens is 1. The van der Waals surface area contributed by atoms with Crippen molar-refractivity contribution >= 4 is 11.6 Å². The molecule has 0 bridgehead atoms. The summed E-state index contributed by atoms with van der Waals surface area (Å²) < 4.78 is 7.35. The van der Waals surface area contributed by atoms with Crippen LogP contribution in [0.5, 0.6) is 0 Å². The van der Waals surface area contributed by atoms with E-state index in [0.717, 1.165) is 29.5 Å². The third-order valence-electron chi connectivity index (χ3n) is 3.45. The third-order valence-corrected chi connectivity index (χ3v) is 3.94. The molecule has 6 heteroatoms. The van der Waals surface area contributed by atoms with E-state index in [-0.39, 0.29) is 12.7 Å². The Labute approximate surface area is 112 Å². The Hall–Kier alpha value is -0.620. The van der Waals surface area contributed by atoms with Crippen LogP contribution in [-0.2, 0) is 18.3 Å². The highest BCUT2D eigenvalue weighted by Crippen LogP contribution is 2.23. The number of hydrogen-bond acceptors (Lipinski definition) is 4. The molecule has 2 rings (SSSR count). The number of aryl methyl sites for hydroxylation is 2.